The molecule has 1 amide bonds. The quantitative estimate of drug-likeness (QED) is 0.395. The van der Waals surface area contributed by atoms with Gasteiger partial charge in [-0.15, -0.1) is 0 Å². The highest BCUT2D eigenvalue weighted by Crippen LogP contribution is 2.22. The van der Waals surface area contributed by atoms with Crippen molar-refractivity contribution in [3.05, 3.63) is 54.1 Å². The van der Waals surface area contributed by atoms with Crippen LogP contribution in [0.25, 0.3) is 0 Å². The molecule has 184 valence electrons. The zero-order valence-corrected chi connectivity index (χ0v) is 20.9. The number of sulfonamides is 1. The number of amides is 1. The molecule has 10 heteroatoms. The summed E-state index contributed by atoms with van der Waals surface area (Å²) in [6.45, 7) is 4.35. The van der Waals surface area contributed by atoms with Crippen LogP contribution < -0.4 is 15.4 Å². The number of hydrogen-bond donors (Lipinski definition) is 2. The van der Waals surface area contributed by atoms with Crippen LogP contribution in [0.5, 0.6) is 5.75 Å². The van der Waals surface area contributed by atoms with Crippen LogP contribution in [0, 0.1) is 0 Å². The lowest BCUT2D eigenvalue weighted by Gasteiger charge is -2.20. The van der Waals surface area contributed by atoms with Gasteiger partial charge in [0.05, 0.1) is 17.1 Å². The molecule has 3 rings (SSSR count). The molecule has 0 bridgehead atoms. The number of hydrogen-bond acceptors (Lipinski definition) is 6. The number of anilines is 1. The monoisotopic (exact) mass is 505 g/mol. The van der Waals surface area contributed by atoms with Crippen molar-refractivity contribution in [1.29, 1.82) is 0 Å². The molecular weight excluding hydrogens is 474 g/mol. The molecule has 0 atom stereocenters. The van der Waals surface area contributed by atoms with E-state index in [1.807, 2.05) is 6.92 Å². The number of rotatable bonds is 9. The van der Waals surface area contributed by atoms with E-state index in [2.05, 4.69) is 10.6 Å². The van der Waals surface area contributed by atoms with Gasteiger partial charge in [0.25, 0.3) is 5.91 Å². The fourth-order valence-electron chi connectivity index (χ4n) is 3.61. The minimum Gasteiger partial charge on any atom is -0.490 e. The Morgan fingerprint density at radius 2 is 1.68 bits per heavy atom. The molecule has 1 aliphatic heterocycles. The molecule has 0 aliphatic carbocycles. The SMILES string of the molecule is CCOCCOc1ccccc1C(=O)NC(=S)Nc1ccc(S(=O)(=O)N2CCCCCC2)cc1. The molecule has 0 radical (unpaired) electrons. The van der Waals surface area contributed by atoms with Crippen molar-refractivity contribution in [3.8, 4) is 5.75 Å². The number of ether oxygens (including phenoxy) is 2. The highest BCUT2D eigenvalue weighted by molar-refractivity contribution is 7.89. The summed E-state index contributed by atoms with van der Waals surface area (Å²) in [5.41, 5.74) is 0.920. The van der Waals surface area contributed by atoms with Gasteiger partial charge in [-0.1, -0.05) is 25.0 Å². The molecule has 1 heterocycles. The molecule has 0 saturated carbocycles. The van der Waals surface area contributed by atoms with Gasteiger partial charge in [0.15, 0.2) is 5.11 Å². The Morgan fingerprint density at radius 3 is 2.35 bits per heavy atom. The Hall–Kier alpha value is -2.53. The molecule has 34 heavy (non-hydrogen) atoms. The third kappa shape index (κ3) is 7.23. The van der Waals surface area contributed by atoms with Crippen molar-refractivity contribution in [1.82, 2.24) is 9.62 Å². The normalized spacial score (nSPS) is 14.7. The minimum absolute atomic E-state index is 0.0947. The molecule has 1 fully saturated rings. The van der Waals surface area contributed by atoms with Gasteiger partial charge >= 0.3 is 0 Å². The van der Waals surface area contributed by atoms with Gasteiger partial charge in [0, 0.05) is 25.4 Å². The van der Waals surface area contributed by atoms with Crippen molar-refractivity contribution in [2.24, 2.45) is 0 Å². The highest BCUT2D eigenvalue weighted by atomic mass is 32.2. The van der Waals surface area contributed by atoms with Crippen molar-refractivity contribution in [3.63, 3.8) is 0 Å². The Balaban J connectivity index is 1.58. The third-order valence-corrected chi connectivity index (χ3v) is 7.48. The molecule has 0 spiro atoms. The second-order valence-electron chi connectivity index (χ2n) is 7.79. The van der Waals surface area contributed by atoms with E-state index in [4.69, 9.17) is 21.7 Å². The van der Waals surface area contributed by atoms with Gasteiger partial charge in [0.1, 0.15) is 12.4 Å². The summed E-state index contributed by atoms with van der Waals surface area (Å²) in [6, 6.07) is 13.2. The van der Waals surface area contributed by atoms with Crippen molar-refractivity contribution in [2.45, 2.75) is 37.5 Å². The van der Waals surface area contributed by atoms with Crippen LogP contribution >= 0.6 is 12.2 Å². The largest absolute Gasteiger partial charge is 0.490 e. The first-order valence-corrected chi connectivity index (χ1v) is 13.3. The third-order valence-electron chi connectivity index (χ3n) is 5.36. The van der Waals surface area contributed by atoms with Crippen molar-refractivity contribution >= 4 is 38.9 Å². The van der Waals surface area contributed by atoms with E-state index in [-0.39, 0.29) is 10.0 Å². The number of para-hydroxylation sites is 1. The lowest BCUT2D eigenvalue weighted by atomic mass is 10.2. The summed E-state index contributed by atoms with van der Waals surface area (Å²) in [5, 5.41) is 5.65. The number of carbonyl (C=O) groups is 1. The maximum atomic E-state index is 12.9. The van der Waals surface area contributed by atoms with E-state index < -0.39 is 15.9 Å². The van der Waals surface area contributed by atoms with Crippen molar-refractivity contribution in [2.75, 3.05) is 38.2 Å². The Morgan fingerprint density at radius 1 is 1.00 bits per heavy atom. The molecule has 2 aromatic carbocycles. The van der Waals surface area contributed by atoms with Gasteiger partial charge in [-0.3, -0.25) is 10.1 Å². The van der Waals surface area contributed by atoms with Gasteiger partial charge < -0.3 is 14.8 Å². The number of carbonyl (C=O) groups excluding carboxylic acids is 1. The zero-order valence-electron chi connectivity index (χ0n) is 19.3. The Bertz CT molecular complexity index is 1070. The second kappa shape index (κ2) is 12.8. The smallest absolute Gasteiger partial charge is 0.261 e. The average Bonchev–Trinajstić information content (AvgIpc) is 3.13. The van der Waals surface area contributed by atoms with Gasteiger partial charge in [-0.2, -0.15) is 4.31 Å². The first-order chi connectivity index (χ1) is 16.4. The summed E-state index contributed by atoms with van der Waals surface area (Å²) in [5.74, 6) is 0.0236. The fraction of sp³-hybridized carbons (Fsp3) is 0.417. The number of nitrogens with zero attached hydrogens (tertiary/aromatic N) is 1. The van der Waals surface area contributed by atoms with E-state index in [1.165, 1.54) is 0 Å². The van der Waals surface area contributed by atoms with Gasteiger partial charge in [-0.25, -0.2) is 8.42 Å². The molecule has 2 N–H and O–H groups in total. The predicted octanol–water partition coefficient (Wildman–Crippen LogP) is 3.79. The fourth-order valence-corrected chi connectivity index (χ4v) is 5.34. The van der Waals surface area contributed by atoms with E-state index in [1.54, 1.807) is 52.8 Å². The topological polar surface area (TPSA) is 97.0 Å². The molecule has 1 aliphatic rings. The number of nitrogens with one attached hydrogen (secondary N) is 2. The Kier molecular flexibility index (Phi) is 9.82. The van der Waals surface area contributed by atoms with Crippen LogP contribution in [0.3, 0.4) is 0 Å². The van der Waals surface area contributed by atoms with Crippen LogP contribution in [-0.2, 0) is 14.8 Å². The van der Waals surface area contributed by atoms with Crippen molar-refractivity contribution < 1.29 is 22.7 Å². The molecule has 2 aromatic rings. The maximum absolute atomic E-state index is 12.9. The minimum atomic E-state index is -3.52. The molecule has 0 unspecified atom stereocenters. The molecule has 0 aromatic heterocycles. The lowest BCUT2D eigenvalue weighted by Crippen LogP contribution is -2.34. The second-order valence-corrected chi connectivity index (χ2v) is 10.1. The summed E-state index contributed by atoms with van der Waals surface area (Å²) in [7, 11) is -3.52. The molecular formula is C24H31N3O5S2. The summed E-state index contributed by atoms with van der Waals surface area (Å²) >= 11 is 5.27. The Labute approximate surface area is 206 Å². The van der Waals surface area contributed by atoms with Gasteiger partial charge in [-0.05, 0) is 68.4 Å². The van der Waals surface area contributed by atoms with E-state index >= 15 is 0 Å². The van der Waals surface area contributed by atoms with E-state index in [9.17, 15) is 13.2 Å². The summed E-state index contributed by atoms with van der Waals surface area (Å²) < 4.78 is 38.3. The van der Waals surface area contributed by atoms with Crippen LogP contribution in [-0.4, -0.2) is 56.7 Å². The zero-order chi connectivity index (χ0) is 24.4. The van der Waals surface area contributed by atoms with Crippen LogP contribution in [0.1, 0.15) is 43.0 Å². The predicted molar refractivity (Wildman–Crippen MR) is 136 cm³/mol. The van der Waals surface area contributed by atoms with Crippen LogP contribution in [0.4, 0.5) is 5.69 Å². The van der Waals surface area contributed by atoms with E-state index in [0.717, 1.165) is 25.7 Å². The van der Waals surface area contributed by atoms with Crippen LogP contribution in [0.2, 0.25) is 0 Å². The standard InChI is InChI=1S/C24H31N3O5S2/c1-2-31-17-18-32-22-10-6-5-9-21(22)23(28)26-24(33)25-19-11-13-20(14-12-19)34(29,30)27-15-7-3-4-8-16-27/h5-6,9-14H,2-4,7-8,15-18H2,1H3,(H2,25,26,28,33). The summed E-state index contributed by atoms with van der Waals surface area (Å²) in [4.78, 5) is 13.0. The number of thiocarbonyl (C=S) groups is 1. The maximum Gasteiger partial charge on any atom is 0.261 e. The summed E-state index contributed by atoms with van der Waals surface area (Å²) in [6.07, 6.45) is 3.88. The average molecular weight is 506 g/mol. The van der Waals surface area contributed by atoms with E-state index in [0.29, 0.717) is 49.9 Å². The van der Waals surface area contributed by atoms with Crippen LogP contribution in [0.15, 0.2) is 53.4 Å². The number of benzene rings is 2. The van der Waals surface area contributed by atoms with Gasteiger partial charge in [0.2, 0.25) is 10.0 Å². The first-order valence-electron chi connectivity index (χ1n) is 11.4. The molecule has 8 nitrogen and oxygen atoms in total. The highest BCUT2D eigenvalue weighted by Gasteiger charge is 2.25. The molecule has 1 saturated heterocycles. The lowest BCUT2D eigenvalue weighted by molar-refractivity contribution is 0.0958. The first kappa shape index (κ1) is 26.1.